The van der Waals surface area contributed by atoms with Crippen molar-refractivity contribution in [1.82, 2.24) is 9.62 Å². The van der Waals surface area contributed by atoms with Gasteiger partial charge >= 0.3 is 0 Å². The van der Waals surface area contributed by atoms with Gasteiger partial charge in [-0.3, -0.25) is 4.79 Å². The minimum Gasteiger partial charge on any atom is -0.491 e. The summed E-state index contributed by atoms with van der Waals surface area (Å²) in [7, 11) is -3.15. The van der Waals surface area contributed by atoms with Crippen LogP contribution in [0.3, 0.4) is 0 Å². The van der Waals surface area contributed by atoms with Gasteiger partial charge in [-0.15, -0.1) is 0 Å². The second-order valence-electron chi connectivity index (χ2n) is 6.48. The number of hydrogen-bond acceptors (Lipinski definition) is 4. The Morgan fingerprint density at radius 2 is 1.96 bits per heavy atom. The molecule has 0 aliphatic carbocycles. The summed E-state index contributed by atoms with van der Waals surface area (Å²) >= 11 is 0. The van der Waals surface area contributed by atoms with Crippen LogP contribution in [0.5, 0.6) is 5.75 Å². The number of rotatable bonds is 7. The van der Waals surface area contributed by atoms with Crippen molar-refractivity contribution in [2.75, 3.05) is 32.0 Å². The lowest BCUT2D eigenvalue weighted by molar-refractivity contribution is -0.126. The highest BCUT2D eigenvalue weighted by Crippen LogP contribution is 2.20. The summed E-state index contributed by atoms with van der Waals surface area (Å²) in [4.78, 5) is 12.2. The van der Waals surface area contributed by atoms with E-state index in [1.54, 1.807) is 6.92 Å². The van der Waals surface area contributed by atoms with Gasteiger partial charge in [0.1, 0.15) is 12.4 Å². The van der Waals surface area contributed by atoms with Gasteiger partial charge in [0.05, 0.1) is 12.3 Å². The normalized spacial score (nSPS) is 16.6. The number of hydrogen-bond donors (Lipinski definition) is 1. The highest BCUT2D eigenvalue weighted by atomic mass is 32.2. The molecule has 0 saturated carbocycles. The van der Waals surface area contributed by atoms with E-state index < -0.39 is 10.0 Å². The molecule has 0 radical (unpaired) electrons. The minimum atomic E-state index is -3.15. The van der Waals surface area contributed by atoms with Gasteiger partial charge in [0.25, 0.3) is 0 Å². The molecule has 0 atom stereocenters. The molecular weight excluding hydrogens is 340 g/mol. The number of ether oxygens (including phenoxy) is 1. The summed E-state index contributed by atoms with van der Waals surface area (Å²) < 4.78 is 30.9. The van der Waals surface area contributed by atoms with Crippen molar-refractivity contribution in [3.8, 4) is 5.75 Å². The molecule has 1 amide bonds. The molecule has 1 N–H and O–H groups in total. The number of nitrogens with zero attached hydrogens (tertiary/aromatic N) is 1. The minimum absolute atomic E-state index is 0.0156. The Kier molecular flexibility index (Phi) is 6.84. The number of aryl methyl sites for hydroxylation is 2. The molecule has 1 aromatic rings. The number of carbonyl (C=O) groups excluding carboxylic acids is 1. The molecule has 0 spiro atoms. The second-order valence-corrected chi connectivity index (χ2v) is 8.74. The maximum atomic E-state index is 12.2. The van der Waals surface area contributed by atoms with Crippen LogP contribution in [-0.4, -0.2) is 50.6 Å². The molecule has 25 heavy (non-hydrogen) atoms. The van der Waals surface area contributed by atoms with E-state index in [1.165, 1.54) is 4.31 Å². The van der Waals surface area contributed by atoms with Crippen molar-refractivity contribution in [3.05, 3.63) is 29.3 Å². The van der Waals surface area contributed by atoms with E-state index in [4.69, 9.17) is 4.74 Å². The number of sulfonamides is 1. The number of amides is 1. The number of nitrogens with one attached hydrogen (secondary N) is 1. The molecular formula is C18H28N2O4S. The zero-order chi connectivity index (χ0) is 18.4. The van der Waals surface area contributed by atoms with Gasteiger partial charge in [-0.25, -0.2) is 12.7 Å². The van der Waals surface area contributed by atoms with Crippen molar-refractivity contribution in [3.63, 3.8) is 0 Å². The molecule has 140 valence electrons. The fraction of sp³-hybridized carbons (Fsp3) is 0.611. The first-order valence-electron chi connectivity index (χ1n) is 8.79. The highest BCUT2D eigenvalue weighted by Gasteiger charge is 2.29. The van der Waals surface area contributed by atoms with Gasteiger partial charge in [0, 0.05) is 19.0 Å². The highest BCUT2D eigenvalue weighted by molar-refractivity contribution is 7.89. The van der Waals surface area contributed by atoms with Crippen LogP contribution in [-0.2, 0) is 14.8 Å². The predicted molar refractivity (Wildman–Crippen MR) is 98.2 cm³/mol. The standard InChI is InChI=1S/C18H28N2O4S/c1-4-25(22,23)20-10-7-16(8-11-20)18(21)19-9-12-24-17-13-14(2)5-6-15(17)3/h5-6,13,16H,4,7-12H2,1-3H3,(H,19,21). The fourth-order valence-electron chi connectivity index (χ4n) is 2.92. The van der Waals surface area contributed by atoms with E-state index in [2.05, 4.69) is 5.32 Å². The van der Waals surface area contributed by atoms with E-state index >= 15 is 0 Å². The Labute approximate surface area is 150 Å². The lowest BCUT2D eigenvalue weighted by Gasteiger charge is -2.30. The number of benzene rings is 1. The molecule has 1 aliphatic rings. The van der Waals surface area contributed by atoms with E-state index in [-0.39, 0.29) is 17.6 Å². The zero-order valence-corrected chi connectivity index (χ0v) is 16.1. The quantitative estimate of drug-likeness (QED) is 0.746. The second kappa shape index (κ2) is 8.67. The van der Waals surface area contributed by atoms with E-state index in [9.17, 15) is 13.2 Å². The van der Waals surface area contributed by atoms with Crippen molar-refractivity contribution in [2.24, 2.45) is 5.92 Å². The van der Waals surface area contributed by atoms with Crippen LogP contribution in [0.2, 0.25) is 0 Å². The first-order chi connectivity index (χ1) is 11.8. The Morgan fingerprint density at radius 1 is 1.28 bits per heavy atom. The third-order valence-electron chi connectivity index (χ3n) is 4.59. The summed E-state index contributed by atoms with van der Waals surface area (Å²) in [5.74, 6) is 0.814. The molecule has 1 saturated heterocycles. The Morgan fingerprint density at radius 3 is 2.60 bits per heavy atom. The number of carbonyl (C=O) groups is 1. The van der Waals surface area contributed by atoms with Crippen molar-refractivity contribution < 1.29 is 17.9 Å². The van der Waals surface area contributed by atoms with Crippen molar-refractivity contribution >= 4 is 15.9 Å². The van der Waals surface area contributed by atoms with Crippen LogP contribution in [0, 0.1) is 19.8 Å². The summed E-state index contributed by atoms with van der Waals surface area (Å²) in [5, 5.41) is 2.89. The smallest absolute Gasteiger partial charge is 0.223 e. The average molecular weight is 368 g/mol. The Bertz CT molecular complexity index is 695. The third kappa shape index (κ3) is 5.44. The first-order valence-corrected chi connectivity index (χ1v) is 10.4. The average Bonchev–Trinajstić information content (AvgIpc) is 2.61. The molecule has 0 bridgehead atoms. The molecule has 1 heterocycles. The molecule has 0 unspecified atom stereocenters. The molecule has 7 heteroatoms. The van der Waals surface area contributed by atoms with E-state index in [0.29, 0.717) is 39.1 Å². The van der Waals surface area contributed by atoms with Crippen LogP contribution >= 0.6 is 0 Å². The van der Waals surface area contributed by atoms with Crippen molar-refractivity contribution in [1.29, 1.82) is 0 Å². The maximum absolute atomic E-state index is 12.2. The number of piperidine rings is 1. The lowest BCUT2D eigenvalue weighted by atomic mass is 9.97. The summed E-state index contributed by atoms with van der Waals surface area (Å²) in [6.07, 6.45) is 1.14. The third-order valence-corrected chi connectivity index (χ3v) is 6.47. The van der Waals surface area contributed by atoms with Crippen molar-refractivity contribution in [2.45, 2.75) is 33.6 Å². The molecule has 1 fully saturated rings. The Hall–Kier alpha value is -1.60. The van der Waals surface area contributed by atoms with Crippen LogP contribution in [0.1, 0.15) is 30.9 Å². The van der Waals surface area contributed by atoms with E-state index in [1.807, 2.05) is 32.0 Å². The summed E-state index contributed by atoms with van der Waals surface area (Å²) in [5.41, 5.74) is 2.21. The largest absolute Gasteiger partial charge is 0.491 e. The van der Waals surface area contributed by atoms with Gasteiger partial charge in [-0.1, -0.05) is 12.1 Å². The SMILES string of the molecule is CCS(=O)(=O)N1CCC(C(=O)NCCOc2cc(C)ccc2C)CC1. The fourth-order valence-corrected chi connectivity index (χ4v) is 4.05. The van der Waals surface area contributed by atoms with Gasteiger partial charge in [0.2, 0.25) is 15.9 Å². The van der Waals surface area contributed by atoms with Gasteiger partial charge in [-0.05, 0) is 50.8 Å². The molecule has 2 rings (SSSR count). The topological polar surface area (TPSA) is 75.7 Å². The molecule has 1 aromatic carbocycles. The summed E-state index contributed by atoms with van der Waals surface area (Å²) in [6, 6.07) is 6.04. The van der Waals surface area contributed by atoms with Crippen LogP contribution in [0.25, 0.3) is 0 Å². The molecule has 6 nitrogen and oxygen atoms in total. The monoisotopic (exact) mass is 368 g/mol. The first kappa shape index (κ1) is 19.7. The Balaban J connectivity index is 1.72. The van der Waals surface area contributed by atoms with Gasteiger partial charge in [0.15, 0.2) is 0 Å². The van der Waals surface area contributed by atoms with Gasteiger partial charge < -0.3 is 10.1 Å². The van der Waals surface area contributed by atoms with Crippen LogP contribution in [0.4, 0.5) is 0 Å². The summed E-state index contributed by atoms with van der Waals surface area (Å²) in [6.45, 7) is 7.36. The molecule has 0 aromatic heterocycles. The molecule has 1 aliphatic heterocycles. The predicted octanol–water partition coefficient (Wildman–Crippen LogP) is 1.86. The zero-order valence-electron chi connectivity index (χ0n) is 15.2. The van der Waals surface area contributed by atoms with E-state index in [0.717, 1.165) is 16.9 Å². The maximum Gasteiger partial charge on any atom is 0.223 e. The van der Waals surface area contributed by atoms with Crippen LogP contribution in [0.15, 0.2) is 18.2 Å². The lowest BCUT2D eigenvalue weighted by Crippen LogP contribution is -2.44. The van der Waals surface area contributed by atoms with Gasteiger partial charge in [-0.2, -0.15) is 0 Å². The van der Waals surface area contributed by atoms with Crippen LogP contribution < -0.4 is 10.1 Å².